The number of hydrogen-bond donors (Lipinski definition) is 1. The highest BCUT2D eigenvalue weighted by Gasteiger charge is 2.20. The molecule has 0 saturated carbocycles. The van der Waals surface area contributed by atoms with E-state index in [0.717, 1.165) is 34.0 Å². The predicted octanol–water partition coefficient (Wildman–Crippen LogP) is 6.52. The molecule has 0 spiro atoms. The number of carbonyl (C=O) groups excluding carboxylic acids is 1. The minimum atomic E-state index is -0.315. The number of carbonyl (C=O) groups is 1. The summed E-state index contributed by atoms with van der Waals surface area (Å²) < 4.78 is 2.07. The monoisotopic (exact) mass is 448 g/mol. The molecule has 5 nitrogen and oxygen atoms in total. The van der Waals surface area contributed by atoms with E-state index in [1.165, 1.54) is 33.8 Å². The Hall–Kier alpha value is -2.86. The van der Waals surface area contributed by atoms with Gasteiger partial charge in [-0.2, -0.15) is 0 Å². The number of nitrogens with zero attached hydrogens (tertiary/aromatic N) is 3. The van der Waals surface area contributed by atoms with Crippen LogP contribution in [0, 0.1) is 20.8 Å². The van der Waals surface area contributed by atoms with Crippen LogP contribution in [0.1, 0.15) is 49.9 Å². The Morgan fingerprint density at radius 2 is 1.78 bits per heavy atom. The summed E-state index contributed by atoms with van der Waals surface area (Å²) in [6.07, 6.45) is 0.872. The number of aromatic nitrogens is 3. The van der Waals surface area contributed by atoms with Crippen LogP contribution in [-0.4, -0.2) is 25.8 Å². The van der Waals surface area contributed by atoms with Crippen LogP contribution in [0.5, 0.6) is 0 Å². The Morgan fingerprint density at radius 3 is 2.50 bits per heavy atom. The van der Waals surface area contributed by atoms with E-state index in [-0.39, 0.29) is 11.2 Å². The van der Waals surface area contributed by atoms with Crippen molar-refractivity contribution in [2.45, 2.75) is 65.3 Å². The van der Waals surface area contributed by atoms with Gasteiger partial charge in [0, 0.05) is 11.1 Å². The van der Waals surface area contributed by atoms with E-state index in [1.807, 2.05) is 45.0 Å². The van der Waals surface area contributed by atoms with Gasteiger partial charge >= 0.3 is 0 Å². The summed E-state index contributed by atoms with van der Waals surface area (Å²) in [7, 11) is 0. The van der Waals surface area contributed by atoms with Gasteiger partial charge in [0.25, 0.3) is 0 Å². The molecule has 1 atom stereocenters. The molecule has 4 rings (SSSR count). The lowest BCUT2D eigenvalue weighted by Crippen LogP contribution is -2.23. The minimum absolute atomic E-state index is 0.0402. The van der Waals surface area contributed by atoms with Gasteiger partial charge in [-0.15, -0.1) is 10.2 Å². The first-order valence-electron chi connectivity index (χ1n) is 11.2. The second-order valence-corrected chi connectivity index (χ2v) is 9.05. The number of benzene rings is 2. The Bertz CT molecular complexity index is 1260. The van der Waals surface area contributed by atoms with Crippen molar-refractivity contribution in [2.24, 2.45) is 0 Å². The third-order valence-electron chi connectivity index (χ3n) is 5.40. The summed E-state index contributed by atoms with van der Waals surface area (Å²) in [6.45, 7) is 14.3. The number of rotatable bonds is 5. The number of anilines is 1. The standard InChI is InChI=1S/C24H26N4OS.C2H6/c1-6-18-9-7-8-10-20(18)25-23(29)17(5)30-24-27-26-21-13-15(3)19-12-14(2)11-16(4)22(19)28(21)24;1-2/h7-13,17H,6H2,1-5H3,(H,25,29);1-2H3. The second kappa shape index (κ2) is 10.2. The van der Waals surface area contributed by atoms with E-state index in [9.17, 15) is 4.79 Å². The highest BCUT2D eigenvalue weighted by molar-refractivity contribution is 8.00. The summed E-state index contributed by atoms with van der Waals surface area (Å²) in [5, 5.41) is 13.5. The quantitative estimate of drug-likeness (QED) is 0.353. The summed E-state index contributed by atoms with van der Waals surface area (Å²) >= 11 is 1.43. The van der Waals surface area contributed by atoms with Crippen molar-refractivity contribution in [2.75, 3.05) is 5.32 Å². The summed E-state index contributed by atoms with van der Waals surface area (Å²) in [5.41, 5.74) is 7.49. The minimum Gasteiger partial charge on any atom is -0.325 e. The molecular formula is C26H32N4OS. The molecule has 32 heavy (non-hydrogen) atoms. The second-order valence-electron chi connectivity index (χ2n) is 7.74. The molecule has 1 N–H and O–H groups in total. The van der Waals surface area contributed by atoms with Gasteiger partial charge in [0.2, 0.25) is 5.91 Å². The molecule has 1 unspecified atom stereocenters. The fraction of sp³-hybridized carbons (Fsp3) is 0.346. The first kappa shape index (κ1) is 23.8. The number of nitrogens with one attached hydrogen (secondary N) is 1. The number of amides is 1. The predicted molar refractivity (Wildman–Crippen MR) is 136 cm³/mol. The van der Waals surface area contributed by atoms with Crippen molar-refractivity contribution in [3.63, 3.8) is 0 Å². The lowest BCUT2D eigenvalue weighted by atomic mass is 10.0. The van der Waals surface area contributed by atoms with E-state index in [4.69, 9.17) is 0 Å². The number of para-hydroxylation sites is 1. The van der Waals surface area contributed by atoms with Gasteiger partial charge in [0.1, 0.15) is 0 Å². The maximum atomic E-state index is 12.9. The van der Waals surface area contributed by atoms with Crippen molar-refractivity contribution in [1.29, 1.82) is 0 Å². The third-order valence-corrected chi connectivity index (χ3v) is 6.45. The largest absolute Gasteiger partial charge is 0.325 e. The molecule has 0 fully saturated rings. The van der Waals surface area contributed by atoms with Crippen LogP contribution in [0.2, 0.25) is 0 Å². The highest BCUT2D eigenvalue weighted by atomic mass is 32.2. The topological polar surface area (TPSA) is 59.3 Å². The molecule has 2 aromatic carbocycles. The zero-order chi connectivity index (χ0) is 23.4. The van der Waals surface area contributed by atoms with Gasteiger partial charge in [-0.25, -0.2) is 0 Å². The Morgan fingerprint density at radius 1 is 1.06 bits per heavy atom. The molecule has 2 aromatic heterocycles. The normalized spacial score (nSPS) is 11.8. The summed E-state index contributed by atoms with van der Waals surface area (Å²) in [5.74, 6) is -0.0402. The fourth-order valence-corrected chi connectivity index (χ4v) is 4.75. The van der Waals surface area contributed by atoms with Crippen LogP contribution in [-0.2, 0) is 11.2 Å². The Kier molecular flexibility index (Phi) is 7.56. The van der Waals surface area contributed by atoms with Gasteiger partial charge in [-0.1, -0.05) is 62.4 Å². The van der Waals surface area contributed by atoms with E-state index < -0.39 is 0 Å². The van der Waals surface area contributed by atoms with Crippen molar-refractivity contribution < 1.29 is 4.79 Å². The summed E-state index contributed by atoms with van der Waals surface area (Å²) in [6, 6.07) is 14.3. The van der Waals surface area contributed by atoms with Crippen LogP contribution < -0.4 is 5.32 Å². The molecule has 0 radical (unpaired) electrons. The average Bonchev–Trinajstić information content (AvgIpc) is 3.17. The molecule has 2 heterocycles. The van der Waals surface area contributed by atoms with E-state index in [1.54, 1.807) is 0 Å². The molecule has 6 heteroatoms. The third kappa shape index (κ3) is 4.65. The van der Waals surface area contributed by atoms with Gasteiger partial charge < -0.3 is 5.32 Å². The zero-order valence-corrected chi connectivity index (χ0v) is 20.8. The fourth-order valence-electron chi connectivity index (χ4n) is 3.89. The van der Waals surface area contributed by atoms with Crippen LogP contribution in [0.3, 0.4) is 0 Å². The van der Waals surface area contributed by atoms with Gasteiger partial charge in [-0.05, 0) is 69.0 Å². The smallest absolute Gasteiger partial charge is 0.237 e. The van der Waals surface area contributed by atoms with Crippen molar-refractivity contribution in [3.05, 3.63) is 64.7 Å². The van der Waals surface area contributed by atoms with Gasteiger partial charge in [0.05, 0.1) is 10.8 Å². The number of aryl methyl sites for hydroxylation is 4. The molecule has 168 valence electrons. The van der Waals surface area contributed by atoms with E-state index in [0.29, 0.717) is 0 Å². The zero-order valence-electron chi connectivity index (χ0n) is 20.0. The number of thioether (sulfide) groups is 1. The summed E-state index contributed by atoms with van der Waals surface area (Å²) in [4.78, 5) is 12.9. The first-order valence-corrected chi connectivity index (χ1v) is 12.1. The van der Waals surface area contributed by atoms with Crippen LogP contribution >= 0.6 is 11.8 Å². The van der Waals surface area contributed by atoms with Crippen molar-refractivity contribution >= 4 is 39.9 Å². The van der Waals surface area contributed by atoms with Crippen LogP contribution in [0.15, 0.2) is 47.6 Å². The number of hydrogen-bond acceptors (Lipinski definition) is 4. The molecule has 0 aliphatic rings. The SMILES string of the molecule is CC.CCc1ccccc1NC(=O)C(C)Sc1nnc2cc(C)c3cc(C)cc(C)c3n12. The molecule has 0 bridgehead atoms. The van der Waals surface area contributed by atoms with E-state index in [2.05, 4.69) is 65.8 Å². The molecule has 0 saturated heterocycles. The Balaban J connectivity index is 0.00000141. The lowest BCUT2D eigenvalue weighted by Gasteiger charge is -2.15. The van der Waals surface area contributed by atoms with Crippen LogP contribution in [0.25, 0.3) is 16.6 Å². The molecule has 0 aliphatic carbocycles. The van der Waals surface area contributed by atoms with Gasteiger partial charge in [0.15, 0.2) is 10.8 Å². The van der Waals surface area contributed by atoms with Crippen molar-refractivity contribution in [3.8, 4) is 0 Å². The maximum absolute atomic E-state index is 12.9. The van der Waals surface area contributed by atoms with Gasteiger partial charge in [-0.3, -0.25) is 9.20 Å². The van der Waals surface area contributed by atoms with Crippen LogP contribution in [0.4, 0.5) is 5.69 Å². The highest BCUT2D eigenvalue weighted by Crippen LogP contribution is 2.31. The number of pyridine rings is 1. The van der Waals surface area contributed by atoms with Crippen molar-refractivity contribution in [1.82, 2.24) is 14.6 Å². The molecule has 4 aromatic rings. The van der Waals surface area contributed by atoms with E-state index >= 15 is 0 Å². The molecule has 0 aliphatic heterocycles. The Labute approximate surface area is 194 Å². The molecule has 1 amide bonds. The average molecular weight is 449 g/mol. The lowest BCUT2D eigenvalue weighted by molar-refractivity contribution is -0.115. The number of fused-ring (bicyclic) bond motifs is 3. The first-order chi connectivity index (χ1) is 15.4. The maximum Gasteiger partial charge on any atom is 0.237 e. The molecular weight excluding hydrogens is 416 g/mol.